The Balaban J connectivity index is 1.73. The quantitative estimate of drug-likeness (QED) is 0.805. The first-order valence-electron chi connectivity index (χ1n) is 9.44. The van der Waals surface area contributed by atoms with Crippen molar-refractivity contribution >= 4 is 0 Å². The topological polar surface area (TPSA) is 41.9 Å². The molecule has 0 radical (unpaired) electrons. The van der Waals surface area contributed by atoms with Crippen molar-refractivity contribution in [2.24, 2.45) is 0 Å². The summed E-state index contributed by atoms with van der Waals surface area (Å²) in [6.45, 7) is 3.24. The van der Waals surface area contributed by atoms with Crippen LogP contribution in [0, 0.1) is 0 Å². The van der Waals surface area contributed by atoms with Crippen LogP contribution in [0.25, 0.3) is 11.1 Å². The molecule has 140 valence electrons. The van der Waals surface area contributed by atoms with E-state index in [4.69, 9.17) is 9.47 Å². The molecule has 1 aliphatic rings. The molecule has 0 spiro atoms. The van der Waals surface area contributed by atoms with Gasteiger partial charge in [0, 0.05) is 12.1 Å². The first-order valence-corrected chi connectivity index (χ1v) is 9.44. The molecule has 2 aromatic rings. The third-order valence-corrected chi connectivity index (χ3v) is 5.16. The molecule has 1 atom stereocenters. The first-order chi connectivity index (χ1) is 12.7. The average Bonchev–Trinajstić information content (AvgIpc) is 2.72. The molecule has 0 amide bonds. The highest BCUT2D eigenvalue weighted by Gasteiger charge is 2.17. The zero-order valence-electron chi connectivity index (χ0n) is 15.8. The zero-order chi connectivity index (χ0) is 18.4. The van der Waals surface area contributed by atoms with Crippen LogP contribution in [-0.2, 0) is 0 Å². The number of rotatable bonds is 7. The summed E-state index contributed by atoms with van der Waals surface area (Å²) < 4.78 is 10.9. The smallest absolute Gasteiger partial charge is 0.125 e. The van der Waals surface area contributed by atoms with E-state index in [9.17, 15) is 5.11 Å². The van der Waals surface area contributed by atoms with Crippen molar-refractivity contribution in [2.45, 2.75) is 31.8 Å². The lowest BCUT2D eigenvalue weighted by atomic mass is 9.99. The molecule has 1 heterocycles. The number of likely N-dealkylation sites (tertiary alicyclic amines) is 1. The second kappa shape index (κ2) is 9.06. The number of ether oxygens (including phenoxy) is 2. The first kappa shape index (κ1) is 18.7. The van der Waals surface area contributed by atoms with E-state index < -0.39 is 6.10 Å². The SMILES string of the molecule is COc1cccc(-c2ccc(C(O)CCN3CCCCC3)c(OC)c2)c1. The molecule has 26 heavy (non-hydrogen) atoms. The van der Waals surface area contributed by atoms with Crippen LogP contribution >= 0.6 is 0 Å². The highest BCUT2D eigenvalue weighted by molar-refractivity contribution is 5.67. The maximum absolute atomic E-state index is 10.7. The predicted octanol–water partition coefficient (Wildman–Crippen LogP) is 4.28. The van der Waals surface area contributed by atoms with Crippen LogP contribution in [0.4, 0.5) is 0 Å². The normalized spacial score (nSPS) is 16.3. The van der Waals surface area contributed by atoms with Crippen molar-refractivity contribution < 1.29 is 14.6 Å². The Morgan fingerprint density at radius 1 is 0.962 bits per heavy atom. The van der Waals surface area contributed by atoms with Crippen molar-refractivity contribution in [1.82, 2.24) is 4.90 Å². The summed E-state index contributed by atoms with van der Waals surface area (Å²) in [7, 11) is 3.33. The van der Waals surface area contributed by atoms with E-state index in [0.29, 0.717) is 0 Å². The van der Waals surface area contributed by atoms with Crippen LogP contribution in [0.5, 0.6) is 11.5 Å². The van der Waals surface area contributed by atoms with Gasteiger partial charge >= 0.3 is 0 Å². The number of nitrogens with zero attached hydrogens (tertiary/aromatic N) is 1. The Labute approximate surface area is 156 Å². The summed E-state index contributed by atoms with van der Waals surface area (Å²) in [6, 6.07) is 14.0. The van der Waals surface area contributed by atoms with Crippen LogP contribution in [0.1, 0.15) is 37.4 Å². The molecule has 3 rings (SSSR count). The van der Waals surface area contributed by atoms with E-state index >= 15 is 0 Å². The molecule has 1 N–H and O–H groups in total. The molecule has 0 saturated carbocycles. The molecular weight excluding hydrogens is 326 g/mol. The zero-order valence-corrected chi connectivity index (χ0v) is 15.8. The number of hydrogen-bond acceptors (Lipinski definition) is 4. The summed E-state index contributed by atoms with van der Waals surface area (Å²) in [5, 5.41) is 10.7. The third kappa shape index (κ3) is 4.57. The van der Waals surface area contributed by atoms with E-state index in [-0.39, 0.29) is 0 Å². The molecule has 1 saturated heterocycles. The van der Waals surface area contributed by atoms with Gasteiger partial charge in [0.1, 0.15) is 11.5 Å². The summed E-state index contributed by atoms with van der Waals surface area (Å²) in [5.41, 5.74) is 2.97. The van der Waals surface area contributed by atoms with Gasteiger partial charge in [-0.15, -0.1) is 0 Å². The molecule has 0 bridgehead atoms. The average molecular weight is 355 g/mol. The highest BCUT2D eigenvalue weighted by Crippen LogP contribution is 2.33. The van der Waals surface area contributed by atoms with Crippen LogP contribution in [0.15, 0.2) is 42.5 Å². The van der Waals surface area contributed by atoms with Crippen molar-refractivity contribution in [3.8, 4) is 22.6 Å². The van der Waals surface area contributed by atoms with E-state index in [0.717, 1.165) is 54.2 Å². The fourth-order valence-corrected chi connectivity index (χ4v) is 3.61. The Morgan fingerprint density at radius 2 is 1.73 bits per heavy atom. The Bertz CT molecular complexity index is 710. The number of piperidine rings is 1. The lowest BCUT2D eigenvalue weighted by Crippen LogP contribution is -2.31. The van der Waals surface area contributed by atoms with Crippen LogP contribution in [-0.4, -0.2) is 43.9 Å². The van der Waals surface area contributed by atoms with Gasteiger partial charge in [0.2, 0.25) is 0 Å². The van der Waals surface area contributed by atoms with Crippen molar-refractivity contribution in [3.05, 3.63) is 48.0 Å². The molecule has 2 aromatic carbocycles. The summed E-state index contributed by atoms with van der Waals surface area (Å²) in [6.07, 6.45) is 4.10. The summed E-state index contributed by atoms with van der Waals surface area (Å²) in [5.74, 6) is 1.56. The predicted molar refractivity (Wildman–Crippen MR) is 105 cm³/mol. The van der Waals surface area contributed by atoms with E-state index in [1.807, 2.05) is 42.5 Å². The minimum Gasteiger partial charge on any atom is -0.497 e. The van der Waals surface area contributed by atoms with E-state index in [1.54, 1.807) is 14.2 Å². The van der Waals surface area contributed by atoms with Gasteiger partial charge < -0.3 is 19.5 Å². The summed E-state index contributed by atoms with van der Waals surface area (Å²) in [4.78, 5) is 2.45. The van der Waals surface area contributed by atoms with Gasteiger partial charge in [-0.2, -0.15) is 0 Å². The second-order valence-electron chi connectivity index (χ2n) is 6.90. The maximum Gasteiger partial charge on any atom is 0.125 e. The van der Waals surface area contributed by atoms with Gasteiger partial charge in [0.15, 0.2) is 0 Å². The van der Waals surface area contributed by atoms with Gasteiger partial charge in [0.25, 0.3) is 0 Å². The molecule has 4 heteroatoms. The number of aliphatic hydroxyl groups is 1. The monoisotopic (exact) mass is 355 g/mol. The molecule has 1 aliphatic heterocycles. The Hall–Kier alpha value is -2.04. The highest BCUT2D eigenvalue weighted by atomic mass is 16.5. The summed E-state index contributed by atoms with van der Waals surface area (Å²) >= 11 is 0. The lowest BCUT2D eigenvalue weighted by Gasteiger charge is -2.27. The largest absolute Gasteiger partial charge is 0.497 e. The molecule has 0 aliphatic carbocycles. The molecular formula is C22H29NO3. The molecule has 1 unspecified atom stereocenters. The molecule has 1 fully saturated rings. The van der Waals surface area contributed by atoms with Crippen LogP contribution < -0.4 is 9.47 Å². The van der Waals surface area contributed by atoms with Gasteiger partial charge in [-0.1, -0.05) is 30.7 Å². The van der Waals surface area contributed by atoms with Crippen LogP contribution in [0.2, 0.25) is 0 Å². The number of hydrogen-bond donors (Lipinski definition) is 1. The maximum atomic E-state index is 10.7. The molecule has 4 nitrogen and oxygen atoms in total. The number of aliphatic hydroxyl groups excluding tert-OH is 1. The fraction of sp³-hybridized carbons (Fsp3) is 0.455. The minimum absolute atomic E-state index is 0.508. The van der Waals surface area contributed by atoms with Gasteiger partial charge in [0.05, 0.1) is 20.3 Å². The standard InChI is InChI=1S/C22H29NO3/c1-25-19-8-6-7-17(15-19)18-9-10-20(22(16-18)26-2)21(24)11-14-23-12-4-3-5-13-23/h6-10,15-16,21,24H,3-5,11-14H2,1-2H3. The van der Waals surface area contributed by atoms with Crippen molar-refractivity contribution in [3.63, 3.8) is 0 Å². The Kier molecular flexibility index (Phi) is 6.53. The minimum atomic E-state index is -0.508. The van der Waals surface area contributed by atoms with Gasteiger partial charge in [-0.25, -0.2) is 0 Å². The second-order valence-corrected chi connectivity index (χ2v) is 6.90. The third-order valence-electron chi connectivity index (χ3n) is 5.16. The lowest BCUT2D eigenvalue weighted by molar-refractivity contribution is 0.131. The van der Waals surface area contributed by atoms with E-state index in [2.05, 4.69) is 4.90 Å². The Morgan fingerprint density at radius 3 is 2.46 bits per heavy atom. The molecule has 0 aromatic heterocycles. The van der Waals surface area contributed by atoms with E-state index in [1.165, 1.54) is 19.3 Å². The number of benzene rings is 2. The van der Waals surface area contributed by atoms with Gasteiger partial charge in [-0.05, 0) is 61.7 Å². The van der Waals surface area contributed by atoms with Gasteiger partial charge in [-0.3, -0.25) is 0 Å². The fourth-order valence-electron chi connectivity index (χ4n) is 3.61. The van der Waals surface area contributed by atoms with Crippen molar-refractivity contribution in [1.29, 1.82) is 0 Å². The van der Waals surface area contributed by atoms with Crippen molar-refractivity contribution in [2.75, 3.05) is 33.9 Å². The van der Waals surface area contributed by atoms with Crippen LogP contribution in [0.3, 0.4) is 0 Å². The number of methoxy groups -OCH3 is 2.